The zero-order chi connectivity index (χ0) is 17.4. The lowest BCUT2D eigenvalue weighted by molar-refractivity contribution is -0.116. The van der Waals surface area contributed by atoms with Gasteiger partial charge in [0.1, 0.15) is 5.01 Å². The Kier molecular flexibility index (Phi) is 7.13. The summed E-state index contributed by atoms with van der Waals surface area (Å²) in [5, 5.41) is 16.7. The third kappa shape index (κ3) is 5.89. The molecule has 0 aromatic carbocycles. The van der Waals surface area contributed by atoms with Gasteiger partial charge in [-0.25, -0.2) is 4.79 Å². The summed E-state index contributed by atoms with van der Waals surface area (Å²) >= 11 is 2.85. The average molecular weight is 368 g/mol. The predicted molar refractivity (Wildman–Crippen MR) is 96.2 cm³/mol. The molecule has 24 heavy (non-hydrogen) atoms. The number of amides is 3. The molecule has 9 heteroatoms. The minimum absolute atomic E-state index is 0.0915. The minimum atomic E-state index is -0.657. The van der Waals surface area contributed by atoms with E-state index in [-0.39, 0.29) is 12.3 Å². The van der Waals surface area contributed by atoms with Gasteiger partial charge in [0.05, 0.1) is 12.5 Å². The van der Waals surface area contributed by atoms with E-state index in [0.717, 1.165) is 35.6 Å². The molecule has 0 radical (unpaired) electrons. The van der Waals surface area contributed by atoms with Crippen molar-refractivity contribution in [2.24, 2.45) is 5.73 Å². The number of nitrogens with two attached hydrogens (primary N) is 1. The van der Waals surface area contributed by atoms with Crippen LogP contribution in [-0.2, 0) is 11.2 Å². The van der Waals surface area contributed by atoms with Crippen LogP contribution in [0.15, 0.2) is 17.5 Å². The second-order valence-electron chi connectivity index (χ2n) is 5.29. The fourth-order valence-corrected chi connectivity index (χ4v) is 3.75. The van der Waals surface area contributed by atoms with Gasteiger partial charge >= 0.3 is 6.03 Å². The maximum atomic E-state index is 12.2. The Morgan fingerprint density at radius 2 is 2.17 bits per heavy atom. The molecule has 7 nitrogen and oxygen atoms in total. The molecule has 0 aliphatic heterocycles. The molecule has 4 N–H and O–H groups in total. The molecule has 130 valence electrons. The van der Waals surface area contributed by atoms with E-state index < -0.39 is 12.1 Å². The number of nitrogens with one attached hydrogen (secondary N) is 2. The largest absolute Gasteiger partial charge is 0.352 e. The summed E-state index contributed by atoms with van der Waals surface area (Å²) < 4.78 is 0. The van der Waals surface area contributed by atoms with Crippen molar-refractivity contribution in [3.05, 3.63) is 27.4 Å². The number of hydrogen-bond acceptors (Lipinski definition) is 6. The lowest BCUT2D eigenvalue weighted by Crippen LogP contribution is -2.34. The van der Waals surface area contributed by atoms with Crippen LogP contribution in [0.4, 0.5) is 9.93 Å². The van der Waals surface area contributed by atoms with Crippen molar-refractivity contribution in [2.45, 2.75) is 45.1 Å². The highest BCUT2D eigenvalue weighted by atomic mass is 32.1. The lowest BCUT2D eigenvalue weighted by Gasteiger charge is -2.15. The van der Waals surface area contributed by atoms with Crippen LogP contribution in [0.5, 0.6) is 0 Å². The molecule has 0 aliphatic carbocycles. The Labute approximate surface area is 148 Å². The summed E-state index contributed by atoms with van der Waals surface area (Å²) in [6.45, 7) is 2.15. The van der Waals surface area contributed by atoms with Crippen LogP contribution in [-0.4, -0.2) is 22.1 Å². The van der Waals surface area contributed by atoms with Crippen molar-refractivity contribution in [3.8, 4) is 0 Å². The van der Waals surface area contributed by atoms with Crippen LogP contribution in [0.1, 0.15) is 48.5 Å². The van der Waals surface area contributed by atoms with Gasteiger partial charge in [-0.3, -0.25) is 4.79 Å². The maximum Gasteiger partial charge on any atom is 0.312 e. The minimum Gasteiger partial charge on any atom is -0.352 e. The Bertz CT molecular complexity index is 657. The SMILES string of the molecule is CCCCCc1nnc(NC(=O)CC(NC(N)=O)c2cccs2)s1. The van der Waals surface area contributed by atoms with E-state index in [1.165, 1.54) is 22.7 Å². The van der Waals surface area contributed by atoms with Crippen molar-refractivity contribution in [2.75, 3.05) is 5.32 Å². The van der Waals surface area contributed by atoms with E-state index >= 15 is 0 Å². The second kappa shape index (κ2) is 9.33. The van der Waals surface area contributed by atoms with Crippen LogP contribution < -0.4 is 16.4 Å². The van der Waals surface area contributed by atoms with Gasteiger partial charge in [-0.1, -0.05) is 37.2 Å². The third-order valence-electron chi connectivity index (χ3n) is 3.30. The van der Waals surface area contributed by atoms with Crippen LogP contribution >= 0.6 is 22.7 Å². The number of rotatable bonds is 9. The highest BCUT2D eigenvalue weighted by molar-refractivity contribution is 7.15. The Hall–Kier alpha value is -2.00. The van der Waals surface area contributed by atoms with E-state index in [0.29, 0.717) is 5.13 Å². The molecule has 2 aromatic rings. The van der Waals surface area contributed by atoms with Gasteiger partial charge in [0.25, 0.3) is 0 Å². The summed E-state index contributed by atoms with van der Waals surface area (Å²) in [4.78, 5) is 24.2. The predicted octanol–water partition coefficient (Wildman–Crippen LogP) is 3.07. The Morgan fingerprint density at radius 1 is 1.33 bits per heavy atom. The fourth-order valence-electron chi connectivity index (χ4n) is 2.17. The van der Waals surface area contributed by atoms with Crippen LogP contribution in [0, 0.1) is 0 Å². The van der Waals surface area contributed by atoms with Gasteiger partial charge in [-0.2, -0.15) is 0 Å². The molecule has 0 bridgehead atoms. The molecular weight excluding hydrogens is 346 g/mol. The number of thiophene rings is 1. The summed E-state index contributed by atoms with van der Waals surface area (Å²) in [7, 11) is 0. The number of primary amides is 1. The highest BCUT2D eigenvalue weighted by Gasteiger charge is 2.19. The number of aryl methyl sites for hydroxylation is 1. The number of urea groups is 1. The molecule has 0 saturated heterocycles. The Balaban J connectivity index is 1.90. The zero-order valence-electron chi connectivity index (χ0n) is 13.4. The molecule has 2 aromatic heterocycles. The van der Waals surface area contributed by atoms with Crippen molar-refractivity contribution >= 4 is 39.7 Å². The van der Waals surface area contributed by atoms with Gasteiger partial charge in [0, 0.05) is 11.3 Å². The van der Waals surface area contributed by atoms with Crippen LogP contribution in [0.2, 0.25) is 0 Å². The van der Waals surface area contributed by atoms with E-state index in [4.69, 9.17) is 5.73 Å². The first kappa shape index (κ1) is 18.3. The third-order valence-corrected chi connectivity index (χ3v) is 5.18. The first-order valence-corrected chi connectivity index (χ1v) is 9.49. The number of nitrogens with zero attached hydrogens (tertiary/aromatic N) is 2. The van der Waals surface area contributed by atoms with Gasteiger partial charge in [-0.05, 0) is 17.9 Å². The van der Waals surface area contributed by atoms with Gasteiger partial charge < -0.3 is 16.4 Å². The second-order valence-corrected chi connectivity index (χ2v) is 7.33. The monoisotopic (exact) mass is 367 g/mol. The first-order valence-electron chi connectivity index (χ1n) is 7.80. The zero-order valence-corrected chi connectivity index (χ0v) is 15.1. The van der Waals surface area contributed by atoms with Crippen molar-refractivity contribution in [3.63, 3.8) is 0 Å². The number of unbranched alkanes of at least 4 members (excludes halogenated alkanes) is 2. The molecule has 1 atom stereocenters. The van der Waals surface area contributed by atoms with Crippen molar-refractivity contribution in [1.29, 1.82) is 0 Å². The molecule has 1 unspecified atom stereocenters. The molecule has 2 rings (SSSR count). The smallest absolute Gasteiger partial charge is 0.312 e. The van der Waals surface area contributed by atoms with Gasteiger partial charge in [0.15, 0.2) is 0 Å². The molecule has 0 spiro atoms. The average Bonchev–Trinajstić information content (AvgIpc) is 3.18. The molecule has 0 aliphatic rings. The molecule has 2 heterocycles. The summed E-state index contributed by atoms with van der Waals surface area (Å²) in [5.74, 6) is -0.238. The highest BCUT2D eigenvalue weighted by Crippen LogP contribution is 2.23. The van der Waals surface area contributed by atoms with E-state index in [1.54, 1.807) is 0 Å². The molecule has 0 saturated carbocycles. The lowest BCUT2D eigenvalue weighted by atomic mass is 10.1. The molecular formula is C15H21N5O2S2. The quantitative estimate of drug-likeness (QED) is 0.592. The topological polar surface area (TPSA) is 110 Å². The van der Waals surface area contributed by atoms with Crippen molar-refractivity contribution in [1.82, 2.24) is 15.5 Å². The molecule has 0 fully saturated rings. The number of carbonyl (C=O) groups is 2. The van der Waals surface area contributed by atoms with Gasteiger partial charge in [-0.15, -0.1) is 21.5 Å². The Morgan fingerprint density at radius 3 is 2.83 bits per heavy atom. The molecule has 3 amide bonds. The normalized spacial score (nSPS) is 11.9. The standard InChI is InChI=1S/C15H21N5O2S2/c1-2-3-4-7-13-19-20-15(24-13)18-12(21)9-10(17-14(16)22)11-6-5-8-23-11/h5-6,8,10H,2-4,7,9H2,1H3,(H3,16,17,22)(H,18,20,21). The number of hydrogen-bond donors (Lipinski definition) is 3. The van der Waals surface area contributed by atoms with Crippen LogP contribution in [0.25, 0.3) is 0 Å². The summed E-state index contributed by atoms with van der Waals surface area (Å²) in [5.41, 5.74) is 5.19. The fraction of sp³-hybridized carbons (Fsp3) is 0.467. The van der Waals surface area contributed by atoms with E-state index in [9.17, 15) is 9.59 Å². The number of anilines is 1. The summed E-state index contributed by atoms with van der Waals surface area (Å²) in [6, 6.07) is 2.62. The summed E-state index contributed by atoms with van der Waals surface area (Å²) in [6.07, 6.45) is 4.35. The van der Waals surface area contributed by atoms with E-state index in [1.807, 2.05) is 17.5 Å². The van der Waals surface area contributed by atoms with Crippen molar-refractivity contribution < 1.29 is 9.59 Å². The van der Waals surface area contributed by atoms with Gasteiger partial charge in [0.2, 0.25) is 11.0 Å². The maximum absolute atomic E-state index is 12.2. The first-order chi connectivity index (χ1) is 11.6. The van der Waals surface area contributed by atoms with Crippen LogP contribution in [0.3, 0.4) is 0 Å². The number of aromatic nitrogens is 2. The van der Waals surface area contributed by atoms with E-state index in [2.05, 4.69) is 27.8 Å². The number of carbonyl (C=O) groups excluding carboxylic acids is 2.